The molecule has 1 N–H and O–H groups in total. The SMILES string of the molecule is COc1ccc(-c2ccc3nnc(CNC(=O)c4ccc(C)cc4C)n3n2)cc1. The third-order valence-corrected chi connectivity index (χ3v) is 4.75. The van der Waals surface area contributed by atoms with Gasteiger partial charge >= 0.3 is 0 Å². The molecular weight excluding hydrogens is 366 g/mol. The van der Waals surface area contributed by atoms with Gasteiger partial charge in [0.2, 0.25) is 0 Å². The molecule has 0 bridgehead atoms. The molecule has 4 aromatic rings. The molecule has 0 saturated carbocycles. The first-order chi connectivity index (χ1) is 14.0. The van der Waals surface area contributed by atoms with Crippen molar-refractivity contribution in [3.05, 3.63) is 77.1 Å². The molecule has 2 aromatic heterocycles. The van der Waals surface area contributed by atoms with E-state index in [4.69, 9.17) is 4.74 Å². The van der Waals surface area contributed by atoms with E-state index in [1.165, 1.54) is 0 Å². The van der Waals surface area contributed by atoms with E-state index < -0.39 is 0 Å². The van der Waals surface area contributed by atoms with Crippen molar-refractivity contribution in [1.29, 1.82) is 0 Å². The summed E-state index contributed by atoms with van der Waals surface area (Å²) in [6.07, 6.45) is 0. The summed E-state index contributed by atoms with van der Waals surface area (Å²) in [4.78, 5) is 12.6. The highest BCUT2D eigenvalue weighted by molar-refractivity contribution is 5.95. The van der Waals surface area contributed by atoms with Crippen LogP contribution in [0.1, 0.15) is 27.3 Å². The Hall–Kier alpha value is -3.74. The van der Waals surface area contributed by atoms with Gasteiger partial charge in [0.1, 0.15) is 5.75 Å². The smallest absolute Gasteiger partial charge is 0.251 e. The zero-order valence-electron chi connectivity index (χ0n) is 16.5. The van der Waals surface area contributed by atoms with E-state index in [2.05, 4.69) is 20.6 Å². The fraction of sp³-hybridized carbons (Fsp3) is 0.182. The molecule has 0 radical (unpaired) electrons. The highest BCUT2D eigenvalue weighted by atomic mass is 16.5. The van der Waals surface area contributed by atoms with Crippen LogP contribution in [0.3, 0.4) is 0 Å². The normalized spacial score (nSPS) is 10.9. The molecule has 0 saturated heterocycles. The molecular formula is C22H21N5O2. The predicted octanol–water partition coefficient (Wildman–Crippen LogP) is 3.35. The highest BCUT2D eigenvalue weighted by Gasteiger charge is 2.13. The van der Waals surface area contributed by atoms with E-state index in [0.717, 1.165) is 28.1 Å². The molecule has 0 spiro atoms. The molecule has 146 valence electrons. The number of nitrogens with zero attached hydrogens (tertiary/aromatic N) is 4. The van der Waals surface area contributed by atoms with Crippen LogP contribution in [0.2, 0.25) is 0 Å². The number of carbonyl (C=O) groups excluding carboxylic acids is 1. The molecule has 7 nitrogen and oxygen atoms in total. The van der Waals surface area contributed by atoms with Crippen molar-refractivity contribution in [2.75, 3.05) is 7.11 Å². The van der Waals surface area contributed by atoms with Gasteiger partial charge in [-0.2, -0.15) is 9.61 Å². The third kappa shape index (κ3) is 3.80. The van der Waals surface area contributed by atoms with Gasteiger partial charge in [0, 0.05) is 11.1 Å². The third-order valence-electron chi connectivity index (χ3n) is 4.75. The van der Waals surface area contributed by atoms with Gasteiger partial charge in [-0.05, 0) is 61.9 Å². The number of ether oxygens (including phenoxy) is 1. The van der Waals surface area contributed by atoms with Gasteiger partial charge in [0.05, 0.1) is 19.3 Å². The van der Waals surface area contributed by atoms with Crippen LogP contribution in [0.25, 0.3) is 16.9 Å². The van der Waals surface area contributed by atoms with Crippen LogP contribution < -0.4 is 10.1 Å². The molecule has 2 heterocycles. The van der Waals surface area contributed by atoms with E-state index in [1.807, 2.05) is 68.4 Å². The molecule has 4 rings (SSSR count). The Bertz CT molecular complexity index is 1180. The van der Waals surface area contributed by atoms with Crippen LogP contribution in [0.5, 0.6) is 5.75 Å². The van der Waals surface area contributed by atoms with Crippen molar-refractivity contribution < 1.29 is 9.53 Å². The minimum atomic E-state index is -0.148. The molecule has 0 fully saturated rings. The molecule has 0 unspecified atom stereocenters. The van der Waals surface area contributed by atoms with E-state index in [1.54, 1.807) is 11.6 Å². The van der Waals surface area contributed by atoms with Gasteiger partial charge in [-0.1, -0.05) is 17.7 Å². The maximum absolute atomic E-state index is 12.6. The zero-order valence-corrected chi connectivity index (χ0v) is 16.5. The number of aromatic nitrogens is 4. The second-order valence-electron chi connectivity index (χ2n) is 6.83. The summed E-state index contributed by atoms with van der Waals surface area (Å²) in [6, 6.07) is 17.2. The summed E-state index contributed by atoms with van der Waals surface area (Å²) in [6.45, 7) is 4.16. The number of aryl methyl sites for hydroxylation is 2. The van der Waals surface area contributed by atoms with Gasteiger partial charge in [-0.15, -0.1) is 10.2 Å². The van der Waals surface area contributed by atoms with E-state index >= 15 is 0 Å². The Balaban J connectivity index is 1.56. The van der Waals surface area contributed by atoms with Crippen molar-refractivity contribution in [2.45, 2.75) is 20.4 Å². The summed E-state index contributed by atoms with van der Waals surface area (Å²) in [7, 11) is 1.63. The van der Waals surface area contributed by atoms with Gasteiger partial charge in [0.25, 0.3) is 5.91 Å². The van der Waals surface area contributed by atoms with Crippen molar-refractivity contribution in [3.63, 3.8) is 0 Å². The number of carbonyl (C=O) groups is 1. The quantitative estimate of drug-likeness (QED) is 0.568. The Morgan fingerprint density at radius 1 is 1.03 bits per heavy atom. The van der Waals surface area contributed by atoms with Crippen LogP contribution in [0, 0.1) is 13.8 Å². The number of hydrogen-bond acceptors (Lipinski definition) is 5. The van der Waals surface area contributed by atoms with Crippen molar-refractivity contribution in [3.8, 4) is 17.0 Å². The maximum atomic E-state index is 12.6. The van der Waals surface area contributed by atoms with E-state index in [9.17, 15) is 4.79 Å². The Labute approximate surface area is 168 Å². The monoisotopic (exact) mass is 387 g/mol. The van der Waals surface area contributed by atoms with Crippen molar-refractivity contribution in [1.82, 2.24) is 25.1 Å². The average Bonchev–Trinajstić information content (AvgIpc) is 3.14. The van der Waals surface area contributed by atoms with Crippen LogP contribution in [-0.4, -0.2) is 32.8 Å². The van der Waals surface area contributed by atoms with Gasteiger partial charge in [-0.25, -0.2) is 0 Å². The largest absolute Gasteiger partial charge is 0.497 e. The summed E-state index contributed by atoms with van der Waals surface area (Å²) >= 11 is 0. The number of fused-ring (bicyclic) bond motifs is 1. The first-order valence-electron chi connectivity index (χ1n) is 9.26. The summed E-state index contributed by atoms with van der Waals surface area (Å²) in [5.41, 5.74) is 5.06. The Morgan fingerprint density at radius 2 is 1.83 bits per heavy atom. The predicted molar refractivity (Wildman–Crippen MR) is 110 cm³/mol. The molecule has 2 aromatic carbocycles. The van der Waals surface area contributed by atoms with Crippen LogP contribution >= 0.6 is 0 Å². The molecule has 7 heteroatoms. The highest BCUT2D eigenvalue weighted by Crippen LogP contribution is 2.21. The lowest BCUT2D eigenvalue weighted by molar-refractivity contribution is 0.0949. The number of rotatable bonds is 5. The second-order valence-corrected chi connectivity index (χ2v) is 6.83. The molecule has 0 aliphatic carbocycles. The number of methoxy groups -OCH3 is 1. The van der Waals surface area contributed by atoms with E-state index in [-0.39, 0.29) is 12.5 Å². The maximum Gasteiger partial charge on any atom is 0.251 e. The average molecular weight is 387 g/mol. The molecule has 29 heavy (non-hydrogen) atoms. The summed E-state index contributed by atoms with van der Waals surface area (Å²) < 4.78 is 6.86. The van der Waals surface area contributed by atoms with Gasteiger partial charge in [0.15, 0.2) is 11.5 Å². The van der Waals surface area contributed by atoms with Crippen LogP contribution in [0.4, 0.5) is 0 Å². The number of hydrogen-bond donors (Lipinski definition) is 1. The molecule has 0 atom stereocenters. The number of benzene rings is 2. The second kappa shape index (κ2) is 7.71. The number of amides is 1. The topological polar surface area (TPSA) is 81.4 Å². The van der Waals surface area contributed by atoms with E-state index in [0.29, 0.717) is 17.0 Å². The van der Waals surface area contributed by atoms with Crippen LogP contribution in [-0.2, 0) is 6.54 Å². The lowest BCUT2D eigenvalue weighted by atomic mass is 10.1. The fourth-order valence-electron chi connectivity index (χ4n) is 3.18. The Morgan fingerprint density at radius 3 is 2.55 bits per heavy atom. The van der Waals surface area contributed by atoms with Crippen molar-refractivity contribution >= 4 is 11.6 Å². The Kier molecular flexibility index (Phi) is 4.95. The summed E-state index contributed by atoms with van der Waals surface area (Å²) in [5, 5.41) is 15.9. The molecule has 0 aliphatic heterocycles. The van der Waals surface area contributed by atoms with Crippen molar-refractivity contribution in [2.24, 2.45) is 0 Å². The lowest BCUT2D eigenvalue weighted by Crippen LogP contribution is -2.25. The van der Waals surface area contributed by atoms with Gasteiger partial charge in [-0.3, -0.25) is 4.79 Å². The summed E-state index contributed by atoms with van der Waals surface area (Å²) in [5.74, 6) is 1.20. The fourth-order valence-corrected chi connectivity index (χ4v) is 3.18. The minimum absolute atomic E-state index is 0.148. The molecule has 0 aliphatic rings. The van der Waals surface area contributed by atoms with Gasteiger partial charge < -0.3 is 10.1 Å². The lowest BCUT2D eigenvalue weighted by Gasteiger charge is -2.08. The molecule has 1 amide bonds. The standard InChI is InChI=1S/C22H21N5O2/c1-14-4-9-18(15(2)12-14)22(28)23-13-21-25-24-20-11-10-19(26-27(20)21)16-5-7-17(29-3)8-6-16/h4-12H,13H2,1-3H3,(H,23,28). The number of nitrogens with one attached hydrogen (secondary N) is 1. The first kappa shape index (κ1) is 18.6. The van der Waals surface area contributed by atoms with Crippen LogP contribution in [0.15, 0.2) is 54.6 Å². The first-order valence-corrected chi connectivity index (χ1v) is 9.26. The zero-order chi connectivity index (χ0) is 20.4. The minimum Gasteiger partial charge on any atom is -0.497 e.